The predicted octanol–water partition coefficient (Wildman–Crippen LogP) is 3.88. The normalized spacial score (nSPS) is 14.0. The van der Waals surface area contributed by atoms with Gasteiger partial charge in [0.15, 0.2) is 0 Å². The summed E-state index contributed by atoms with van der Waals surface area (Å²) in [6, 6.07) is 1.51. The van der Waals surface area contributed by atoms with Crippen molar-refractivity contribution in [3.63, 3.8) is 0 Å². The van der Waals surface area contributed by atoms with E-state index in [9.17, 15) is 9.59 Å². The van der Waals surface area contributed by atoms with Gasteiger partial charge in [-0.3, -0.25) is 9.59 Å². The van der Waals surface area contributed by atoms with Crippen molar-refractivity contribution in [2.75, 3.05) is 18.9 Å². The molecule has 1 aliphatic rings. The van der Waals surface area contributed by atoms with E-state index in [0.717, 1.165) is 41.3 Å². The highest BCUT2D eigenvalue weighted by Gasteiger charge is 2.27. The summed E-state index contributed by atoms with van der Waals surface area (Å²) in [7, 11) is 2.01. The molecule has 2 aromatic rings. The third-order valence-corrected chi connectivity index (χ3v) is 6.24. The number of thiophene rings is 2. The largest absolute Gasteiger partial charge is 0.365 e. The summed E-state index contributed by atoms with van der Waals surface area (Å²) in [5.74, 6) is -0.926. The van der Waals surface area contributed by atoms with Crippen molar-refractivity contribution < 1.29 is 9.59 Å². The summed E-state index contributed by atoms with van der Waals surface area (Å²) >= 11 is 14.4. The monoisotopic (exact) mass is 425 g/mol. The van der Waals surface area contributed by atoms with Crippen molar-refractivity contribution in [2.24, 2.45) is 5.73 Å². The molecule has 3 rings (SSSR count). The molecule has 10 heteroatoms. The van der Waals surface area contributed by atoms with Gasteiger partial charge in [0.1, 0.15) is 9.34 Å². The lowest BCUT2D eigenvalue weighted by Crippen LogP contribution is -2.27. The minimum atomic E-state index is -0.531. The minimum Gasteiger partial charge on any atom is -0.365 e. The maximum atomic E-state index is 12.4. The van der Waals surface area contributed by atoms with Crippen LogP contribution in [0.1, 0.15) is 31.2 Å². The Morgan fingerprint density at radius 1 is 1.33 bits per heavy atom. The first-order valence-electron chi connectivity index (χ1n) is 6.76. The highest BCUT2D eigenvalue weighted by molar-refractivity contribution is 7.20. The number of halogens is 3. The zero-order valence-corrected chi connectivity index (χ0v) is 16.5. The highest BCUT2D eigenvalue weighted by atomic mass is 35.5. The van der Waals surface area contributed by atoms with Crippen LogP contribution in [0, 0.1) is 0 Å². The Bertz CT molecular complexity index is 804. The van der Waals surface area contributed by atoms with Crippen molar-refractivity contribution in [3.8, 4) is 0 Å². The van der Waals surface area contributed by atoms with E-state index >= 15 is 0 Å². The predicted molar refractivity (Wildman–Crippen MR) is 102 cm³/mol. The molecule has 3 heterocycles. The first kappa shape index (κ1) is 19.5. The number of carbonyl (C=O) groups is 2. The third-order valence-electron chi connectivity index (χ3n) is 3.62. The number of nitrogens with one attached hydrogen (secondary N) is 1. The van der Waals surface area contributed by atoms with E-state index in [2.05, 4.69) is 10.2 Å². The summed E-state index contributed by atoms with van der Waals surface area (Å²) in [6.45, 7) is 1.59. The number of hydrogen-bond donors (Lipinski definition) is 2. The molecule has 3 N–H and O–H groups in total. The molecule has 0 saturated heterocycles. The molecule has 0 aliphatic carbocycles. The standard InChI is InChI=1S/C14H13Cl2N3O2S2.ClH/c1-19-3-2-6-8(5-19)22-14(10(6)12(17)20)18-13(21)7-4-9(15)23-11(7)16;/h4H,2-3,5H2,1H3,(H2,17,20)(H,18,21);1H. The Hall–Kier alpha value is -0.830. The van der Waals surface area contributed by atoms with Gasteiger partial charge in [0.05, 0.1) is 15.5 Å². The fourth-order valence-corrected chi connectivity index (χ4v) is 5.33. The molecule has 2 amide bonds. The number of amides is 2. The van der Waals surface area contributed by atoms with E-state index in [1.807, 2.05) is 7.05 Å². The van der Waals surface area contributed by atoms with Gasteiger partial charge in [0.25, 0.3) is 11.8 Å². The second-order valence-corrected chi connectivity index (χ2v) is 8.64. The molecule has 0 aromatic carbocycles. The van der Waals surface area contributed by atoms with E-state index < -0.39 is 11.8 Å². The summed E-state index contributed by atoms with van der Waals surface area (Å²) in [6.07, 6.45) is 0.738. The van der Waals surface area contributed by atoms with E-state index in [1.54, 1.807) is 0 Å². The number of fused-ring (bicyclic) bond motifs is 1. The van der Waals surface area contributed by atoms with E-state index in [4.69, 9.17) is 28.9 Å². The van der Waals surface area contributed by atoms with Gasteiger partial charge in [0.2, 0.25) is 0 Å². The lowest BCUT2D eigenvalue weighted by Gasteiger charge is -2.22. The van der Waals surface area contributed by atoms with Gasteiger partial charge in [-0.25, -0.2) is 0 Å². The molecule has 1 aliphatic heterocycles. The Morgan fingerprint density at radius 3 is 2.62 bits per heavy atom. The van der Waals surface area contributed by atoms with Crippen LogP contribution in [0.2, 0.25) is 8.67 Å². The molecule has 0 atom stereocenters. The van der Waals surface area contributed by atoms with Crippen molar-refractivity contribution >= 4 is 75.1 Å². The van der Waals surface area contributed by atoms with Gasteiger partial charge in [-0.2, -0.15) is 0 Å². The second-order valence-electron chi connectivity index (χ2n) is 5.25. The molecule has 130 valence electrons. The molecule has 2 aromatic heterocycles. The number of carbonyl (C=O) groups excluding carboxylic acids is 2. The fraction of sp³-hybridized carbons (Fsp3) is 0.286. The molecular weight excluding hydrogens is 413 g/mol. The van der Waals surface area contributed by atoms with Crippen molar-refractivity contribution in [1.29, 1.82) is 0 Å². The van der Waals surface area contributed by atoms with Gasteiger partial charge in [-0.15, -0.1) is 35.1 Å². The topological polar surface area (TPSA) is 75.4 Å². The van der Waals surface area contributed by atoms with Gasteiger partial charge < -0.3 is 16.0 Å². The van der Waals surface area contributed by atoms with Gasteiger partial charge in [-0.1, -0.05) is 23.2 Å². The number of likely N-dealkylation sites (N-methyl/N-ethyl adjacent to an activating group) is 1. The number of primary amides is 1. The SMILES string of the molecule is CN1CCc2c(sc(NC(=O)c3cc(Cl)sc3Cl)c2C(N)=O)C1.Cl. The lowest BCUT2D eigenvalue weighted by molar-refractivity contribution is 0.1000. The second kappa shape index (κ2) is 7.59. The lowest BCUT2D eigenvalue weighted by atomic mass is 10.0. The van der Waals surface area contributed by atoms with Crippen LogP contribution in [0.4, 0.5) is 5.00 Å². The van der Waals surface area contributed by atoms with E-state index in [0.29, 0.717) is 24.8 Å². The first-order chi connectivity index (χ1) is 10.9. The molecular formula is C14H14Cl3N3O2S2. The molecule has 0 spiro atoms. The molecule has 5 nitrogen and oxygen atoms in total. The van der Waals surface area contributed by atoms with Gasteiger partial charge in [-0.05, 0) is 25.1 Å². The van der Waals surface area contributed by atoms with E-state index in [1.165, 1.54) is 17.4 Å². The van der Waals surface area contributed by atoms with Crippen molar-refractivity contribution in [1.82, 2.24) is 4.90 Å². The van der Waals surface area contributed by atoms with Crippen LogP contribution in [-0.2, 0) is 13.0 Å². The maximum Gasteiger partial charge on any atom is 0.258 e. The number of rotatable bonds is 3. The molecule has 0 radical (unpaired) electrons. The molecule has 24 heavy (non-hydrogen) atoms. The van der Waals surface area contributed by atoms with Crippen LogP contribution in [0.15, 0.2) is 6.07 Å². The van der Waals surface area contributed by atoms with Crippen LogP contribution in [0.5, 0.6) is 0 Å². The van der Waals surface area contributed by atoms with Crippen LogP contribution in [-0.4, -0.2) is 30.3 Å². The third kappa shape index (κ3) is 3.71. The molecule has 0 saturated carbocycles. The Balaban J connectivity index is 0.00000208. The van der Waals surface area contributed by atoms with E-state index in [-0.39, 0.29) is 12.4 Å². The van der Waals surface area contributed by atoms with Crippen LogP contribution < -0.4 is 11.1 Å². The average Bonchev–Trinajstić information content (AvgIpc) is 2.97. The number of nitrogens with zero attached hydrogens (tertiary/aromatic N) is 1. The fourth-order valence-electron chi connectivity index (χ4n) is 2.55. The average molecular weight is 427 g/mol. The first-order valence-corrected chi connectivity index (χ1v) is 9.14. The van der Waals surface area contributed by atoms with Crippen molar-refractivity contribution in [2.45, 2.75) is 13.0 Å². The maximum absolute atomic E-state index is 12.4. The summed E-state index contributed by atoms with van der Waals surface area (Å²) in [5.41, 5.74) is 7.16. The smallest absolute Gasteiger partial charge is 0.258 e. The Labute approximate surface area is 163 Å². The van der Waals surface area contributed by atoms with Crippen LogP contribution in [0.3, 0.4) is 0 Å². The molecule has 0 fully saturated rings. The van der Waals surface area contributed by atoms with Gasteiger partial charge in [0, 0.05) is 18.0 Å². The Morgan fingerprint density at radius 2 is 2.04 bits per heavy atom. The quantitative estimate of drug-likeness (QED) is 0.782. The number of nitrogens with two attached hydrogens (primary N) is 1. The minimum absolute atomic E-state index is 0. The summed E-state index contributed by atoms with van der Waals surface area (Å²) in [5, 5.41) is 3.23. The zero-order valence-electron chi connectivity index (χ0n) is 12.5. The molecule has 0 unspecified atom stereocenters. The molecule has 0 bridgehead atoms. The highest BCUT2D eigenvalue weighted by Crippen LogP contribution is 2.38. The number of anilines is 1. The summed E-state index contributed by atoms with van der Waals surface area (Å²) in [4.78, 5) is 27.5. The van der Waals surface area contributed by atoms with Crippen LogP contribution in [0.25, 0.3) is 0 Å². The van der Waals surface area contributed by atoms with Crippen LogP contribution >= 0.6 is 58.3 Å². The Kier molecular flexibility index (Phi) is 6.17. The van der Waals surface area contributed by atoms with Gasteiger partial charge >= 0.3 is 0 Å². The van der Waals surface area contributed by atoms with Crippen molar-refractivity contribution in [3.05, 3.63) is 36.3 Å². The number of hydrogen-bond acceptors (Lipinski definition) is 5. The zero-order chi connectivity index (χ0) is 16.7. The summed E-state index contributed by atoms with van der Waals surface area (Å²) < 4.78 is 0.747.